The van der Waals surface area contributed by atoms with Crippen LogP contribution in [0.15, 0.2) is 59.5 Å². The number of rotatable bonds is 4. The molecule has 30 heavy (non-hydrogen) atoms. The maximum Gasteiger partial charge on any atom is 0.293 e. The molecule has 0 radical (unpaired) electrons. The van der Waals surface area contributed by atoms with E-state index in [0.717, 1.165) is 34.3 Å². The van der Waals surface area contributed by atoms with Crippen LogP contribution < -0.4 is 0 Å². The Hall–Kier alpha value is -2.83. The van der Waals surface area contributed by atoms with Crippen molar-refractivity contribution >= 4 is 40.6 Å². The number of hydrogen-bond acceptors (Lipinski definition) is 3. The van der Waals surface area contributed by atoms with Gasteiger partial charge in [-0.25, -0.2) is 4.39 Å². The normalized spacial score (nSPS) is 15.5. The summed E-state index contributed by atoms with van der Waals surface area (Å²) in [5.74, 6) is -0.662. The molecule has 0 spiro atoms. The quantitative estimate of drug-likeness (QED) is 0.459. The van der Waals surface area contributed by atoms with E-state index in [2.05, 4.69) is 0 Å². The summed E-state index contributed by atoms with van der Waals surface area (Å²) in [6, 6.07) is 15.5. The van der Waals surface area contributed by atoms with Gasteiger partial charge in [0.1, 0.15) is 5.82 Å². The van der Waals surface area contributed by atoms with E-state index >= 15 is 0 Å². The monoisotopic (exact) mass is 440 g/mol. The van der Waals surface area contributed by atoms with Crippen LogP contribution in [0.5, 0.6) is 0 Å². The number of thioether (sulfide) groups is 1. The maximum absolute atomic E-state index is 14.3. The van der Waals surface area contributed by atoms with Crippen molar-refractivity contribution in [3.63, 3.8) is 0 Å². The standard InChI is InChI=1S/C23H18ClFN2O2S/c1-14-11-17(15(2)27(14)20-6-4-3-5-19(20)25)12-21-22(28)26(23(29)30-21)13-16-7-9-18(24)10-8-16/h3-12H,13H2,1-2H3/b21-12+. The number of hydrogen-bond donors (Lipinski definition) is 0. The fraction of sp³-hybridized carbons (Fsp3) is 0.130. The van der Waals surface area contributed by atoms with Gasteiger partial charge >= 0.3 is 0 Å². The Bertz CT molecular complexity index is 1180. The van der Waals surface area contributed by atoms with Crippen molar-refractivity contribution in [2.45, 2.75) is 20.4 Å². The molecule has 1 aliphatic heterocycles. The minimum Gasteiger partial charge on any atom is -0.315 e. The molecule has 2 amide bonds. The number of aromatic nitrogens is 1. The largest absolute Gasteiger partial charge is 0.315 e. The van der Waals surface area contributed by atoms with Crippen LogP contribution in [-0.4, -0.2) is 20.6 Å². The third kappa shape index (κ3) is 3.80. The van der Waals surface area contributed by atoms with Gasteiger partial charge in [-0.05, 0) is 73.1 Å². The molecule has 1 aromatic heterocycles. The summed E-state index contributed by atoms with van der Waals surface area (Å²) in [4.78, 5) is 26.8. The second-order valence-corrected chi connectivity index (χ2v) is 8.44. The van der Waals surface area contributed by atoms with Crippen molar-refractivity contribution in [3.8, 4) is 5.69 Å². The van der Waals surface area contributed by atoms with E-state index in [9.17, 15) is 14.0 Å². The van der Waals surface area contributed by atoms with E-state index in [1.54, 1.807) is 53.1 Å². The number of amides is 2. The van der Waals surface area contributed by atoms with Crippen molar-refractivity contribution in [2.24, 2.45) is 0 Å². The predicted octanol–water partition coefficient (Wildman–Crippen LogP) is 6.12. The average Bonchev–Trinajstić information content (AvgIpc) is 3.14. The summed E-state index contributed by atoms with van der Waals surface area (Å²) >= 11 is 6.81. The predicted molar refractivity (Wildman–Crippen MR) is 118 cm³/mol. The molecule has 2 heterocycles. The van der Waals surface area contributed by atoms with Crippen molar-refractivity contribution in [2.75, 3.05) is 0 Å². The first-order chi connectivity index (χ1) is 14.3. The highest BCUT2D eigenvalue weighted by Crippen LogP contribution is 2.35. The van der Waals surface area contributed by atoms with Gasteiger partial charge in [0.05, 0.1) is 17.1 Å². The van der Waals surface area contributed by atoms with Gasteiger partial charge in [0, 0.05) is 16.4 Å². The second-order valence-electron chi connectivity index (χ2n) is 7.01. The molecular weight excluding hydrogens is 423 g/mol. The summed E-state index contributed by atoms with van der Waals surface area (Å²) in [5.41, 5.74) is 3.67. The lowest BCUT2D eigenvalue weighted by atomic mass is 10.2. The summed E-state index contributed by atoms with van der Waals surface area (Å²) in [6.07, 6.45) is 1.70. The summed E-state index contributed by atoms with van der Waals surface area (Å²) in [6.45, 7) is 3.93. The minimum absolute atomic E-state index is 0.188. The highest BCUT2D eigenvalue weighted by atomic mass is 35.5. The zero-order valence-electron chi connectivity index (χ0n) is 16.4. The Balaban J connectivity index is 1.63. The molecule has 0 saturated carbocycles. The van der Waals surface area contributed by atoms with E-state index in [1.807, 2.05) is 19.9 Å². The van der Waals surface area contributed by atoms with Gasteiger partial charge in [0.15, 0.2) is 0 Å². The van der Waals surface area contributed by atoms with Crippen LogP contribution in [0.1, 0.15) is 22.5 Å². The van der Waals surface area contributed by atoms with Gasteiger partial charge in [-0.15, -0.1) is 0 Å². The van der Waals surface area contributed by atoms with Gasteiger partial charge < -0.3 is 4.57 Å². The van der Waals surface area contributed by atoms with E-state index < -0.39 is 0 Å². The highest BCUT2D eigenvalue weighted by Gasteiger charge is 2.35. The molecule has 1 fully saturated rings. The number of imide groups is 1. The van der Waals surface area contributed by atoms with Gasteiger partial charge in [0.2, 0.25) is 0 Å². The molecule has 0 unspecified atom stereocenters. The molecule has 4 nitrogen and oxygen atoms in total. The Kier molecular flexibility index (Phi) is 5.54. The van der Waals surface area contributed by atoms with Gasteiger partial charge in [-0.3, -0.25) is 14.5 Å². The SMILES string of the molecule is Cc1cc(/C=C2/SC(=O)N(Cc3ccc(Cl)cc3)C2=O)c(C)n1-c1ccccc1F. The van der Waals surface area contributed by atoms with Crippen LogP contribution in [0.3, 0.4) is 0 Å². The van der Waals surface area contributed by atoms with Crippen molar-refractivity contribution in [1.29, 1.82) is 0 Å². The molecule has 1 aliphatic rings. The highest BCUT2D eigenvalue weighted by molar-refractivity contribution is 8.18. The van der Waals surface area contributed by atoms with Crippen LogP contribution in [0.4, 0.5) is 9.18 Å². The Morgan fingerprint density at radius 2 is 1.77 bits per heavy atom. The smallest absolute Gasteiger partial charge is 0.293 e. The first kappa shape index (κ1) is 20.4. The molecule has 0 bridgehead atoms. The lowest BCUT2D eigenvalue weighted by molar-refractivity contribution is -0.123. The Morgan fingerprint density at radius 1 is 1.07 bits per heavy atom. The van der Waals surface area contributed by atoms with Crippen LogP contribution in [0.25, 0.3) is 11.8 Å². The average molecular weight is 441 g/mol. The molecule has 0 aliphatic carbocycles. The molecule has 3 aromatic rings. The zero-order chi connectivity index (χ0) is 21.4. The first-order valence-electron chi connectivity index (χ1n) is 9.29. The van der Waals surface area contributed by atoms with Gasteiger partial charge in [-0.1, -0.05) is 35.9 Å². The summed E-state index contributed by atoms with van der Waals surface area (Å²) in [7, 11) is 0. The van der Waals surface area contributed by atoms with Gasteiger partial charge in [0.25, 0.3) is 11.1 Å². The zero-order valence-corrected chi connectivity index (χ0v) is 17.9. The lowest BCUT2D eigenvalue weighted by Crippen LogP contribution is -2.27. The first-order valence-corrected chi connectivity index (χ1v) is 10.5. The van der Waals surface area contributed by atoms with E-state index in [0.29, 0.717) is 15.6 Å². The Labute approximate surface area is 182 Å². The fourth-order valence-corrected chi connectivity index (χ4v) is 4.44. The van der Waals surface area contributed by atoms with Crippen LogP contribution >= 0.6 is 23.4 Å². The molecule has 7 heteroatoms. The minimum atomic E-state index is -0.337. The lowest BCUT2D eigenvalue weighted by Gasteiger charge is -2.12. The number of carbonyl (C=O) groups excluding carboxylic acids is 2. The van der Waals surface area contributed by atoms with Crippen molar-refractivity contribution in [3.05, 3.63) is 92.9 Å². The number of carbonyl (C=O) groups is 2. The third-order valence-corrected chi connectivity index (χ3v) is 6.14. The molecule has 2 aromatic carbocycles. The summed E-state index contributed by atoms with van der Waals surface area (Å²) < 4.78 is 16.1. The molecule has 152 valence electrons. The number of benzene rings is 2. The number of para-hydroxylation sites is 1. The Morgan fingerprint density at radius 3 is 2.47 bits per heavy atom. The summed E-state index contributed by atoms with van der Waals surface area (Å²) in [5, 5.41) is 0.280. The number of aryl methyl sites for hydroxylation is 1. The maximum atomic E-state index is 14.3. The van der Waals surface area contributed by atoms with E-state index in [4.69, 9.17) is 11.6 Å². The number of halogens is 2. The van der Waals surface area contributed by atoms with Crippen LogP contribution in [-0.2, 0) is 11.3 Å². The van der Waals surface area contributed by atoms with Gasteiger partial charge in [-0.2, -0.15) is 0 Å². The van der Waals surface area contributed by atoms with E-state index in [1.165, 1.54) is 11.0 Å². The third-order valence-electron chi connectivity index (χ3n) is 4.98. The molecule has 1 saturated heterocycles. The second kappa shape index (κ2) is 8.13. The molecule has 0 N–H and O–H groups in total. The van der Waals surface area contributed by atoms with Crippen LogP contribution in [0.2, 0.25) is 5.02 Å². The molecule has 0 atom stereocenters. The molecular formula is C23H18ClFN2O2S. The van der Waals surface area contributed by atoms with E-state index in [-0.39, 0.29) is 23.5 Å². The fourth-order valence-electron chi connectivity index (χ4n) is 3.49. The molecule has 4 rings (SSSR count). The van der Waals surface area contributed by atoms with Crippen molar-refractivity contribution < 1.29 is 14.0 Å². The topological polar surface area (TPSA) is 42.3 Å². The number of nitrogens with zero attached hydrogens (tertiary/aromatic N) is 2. The van der Waals surface area contributed by atoms with Crippen LogP contribution in [0, 0.1) is 19.7 Å². The van der Waals surface area contributed by atoms with Crippen molar-refractivity contribution in [1.82, 2.24) is 9.47 Å².